The number of aromatic nitrogens is 1. The predicted octanol–water partition coefficient (Wildman–Crippen LogP) is 0.772. The molecular weight excluding hydrogens is 221 g/mol. The zero-order chi connectivity index (χ0) is 5.98. The third kappa shape index (κ3) is 1.19. The highest BCUT2D eigenvalue weighted by atomic mass is 127. The largest absolute Gasteiger partial charge is 0.390 e. The van der Waals surface area contributed by atoms with Gasteiger partial charge >= 0.3 is 0 Å². The van der Waals surface area contributed by atoms with Crippen molar-refractivity contribution in [3.63, 3.8) is 0 Å². The summed E-state index contributed by atoms with van der Waals surface area (Å²) < 4.78 is 5.33. The van der Waals surface area contributed by atoms with Crippen molar-refractivity contribution in [1.29, 1.82) is 0 Å². The van der Waals surface area contributed by atoms with E-state index in [1.807, 2.05) is 22.6 Å². The molecule has 1 aromatic rings. The molecule has 1 N–H and O–H groups in total. The number of aliphatic hydroxyl groups excluding tert-OH is 1. The van der Waals surface area contributed by atoms with Gasteiger partial charge in [-0.2, -0.15) is 0 Å². The van der Waals surface area contributed by atoms with Crippen LogP contribution >= 0.6 is 22.6 Å². The second kappa shape index (κ2) is 2.45. The maximum absolute atomic E-state index is 8.43. The van der Waals surface area contributed by atoms with Gasteiger partial charge in [-0.3, -0.25) is 0 Å². The van der Waals surface area contributed by atoms with Crippen molar-refractivity contribution in [2.45, 2.75) is 6.61 Å². The molecule has 1 rings (SSSR count). The molecule has 0 aliphatic heterocycles. The zero-order valence-electron chi connectivity index (χ0n) is 3.97. The van der Waals surface area contributed by atoms with E-state index in [0.717, 1.165) is 0 Å². The fourth-order valence-corrected chi connectivity index (χ4v) is 0.818. The van der Waals surface area contributed by atoms with E-state index in [2.05, 4.69) is 9.68 Å². The molecule has 1 heterocycles. The monoisotopic (exact) mass is 225 g/mol. The van der Waals surface area contributed by atoms with Crippen molar-refractivity contribution in [3.8, 4) is 0 Å². The highest BCUT2D eigenvalue weighted by Crippen LogP contribution is 2.04. The van der Waals surface area contributed by atoms with E-state index in [1.54, 1.807) is 6.07 Å². The lowest BCUT2D eigenvalue weighted by molar-refractivity contribution is 0.265. The summed E-state index contributed by atoms with van der Waals surface area (Å²) in [6, 6.07) is 1.68. The molecule has 0 fully saturated rings. The third-order valence-electron chi connectivity index (χ3n) is 0.692. The molecule has 0 atom stereocenters. The Bertz CT molecular complexity index is 174. The molecule has 3 nitrogen and oxygen atoms in total. The lowest BCUT2D eigenvalue weighted by Crippen LogP contribution is -1.77. The Morgan fingerprint density at radius 3 is 2.88 bits per heavy atom. The first kappa shape index (κ1) is 6.03. The van der Waals surface area contributed by atoms with Crippen LogP contribution in [0.25, 0.3) is 0 Å². The third-order valence-corrected chi connectivity index (χ3v) is 1.20. The Balaban J connectivity index is 2.84. The fraction of sp³-hybridized carbons (Fsp3) is 0.250. The smallest absolute Gasteiger partial charge is 0.196 e. The van der Waals surface area contributed by atoms with E-state index < -0.39 is 0 Å². The number of halogens is 1. The summed E-state index contributed by atoms with van der Waals surface area (Å²) in [5.41, 5.74) is 0.578. The van der Waals surface area contributed by atoms with Gasteiger partial charge in [0.05, 0.1) is 6.61 Å². The highest BCUT2D eigenvalue weighted by Gasteiger charge is 1.95. The Hall–Kier alpha value is -0.100. The quantitative estimate of drug-likeness (QED) is 0.718. The van der Waals surface area contributed by atoms with E-state index in [0.29, 0.717) is 9.46 Å². The van der Waals surface area contributed by atoms with Crippen LogP contribution in [0, 0.1) is 3.77 Å². The summed E-state index contributed by atoms with van der Waals surface area (Å²) >= 11 is 1.98. The van der Waals surface area contributed by atoms with Gasteiger partial charge in [-0.15, -0.1) is 0 Å². The van der Waals surface area contributed by atoms with E-state index in [-0.39, 0.29) is 6.61 Å². The van der Waals surface area contributed by atoms with Gasteiger partial charge in [0.25, 0.3) is 0 Å². The van der Waals surface area contributed by atoms with Crippen LogP contribution in [0.4, 0.5) is 0 Å². The van der Waals surface area contributed by atoms with Crippen LogP contribution < -0.4 is 0 Å². The van der Waals surface area contributed by atoms with Crippen molar-refractivity contribution >= 4 is 22.6 Å². The van der Waals surface area contributed by atoms with E-state index in [4.69, 9.17) is 5.11 Å². The molecule has 1 aromatic heterocycles. The molecule has 0 unspecified atom stereocenters. The summed E-state index contributed by atoms with van der Waals surface area (Å²) in [7, 11) is 0. The number of hydrogen-bond acceptors (Lipinski definition) is 3. The number of hydrogen-bond donors (Lipinski definition) is 1. The summed E-state index contributed by atoms with van der Waals surface area (Å²) in [5, 5.41) is 11.9. The summed E-state index contributed by atoms with van der Waals surface area (Å²) in [4.78, 5) is 0. The van der Waals surface area contributed by atoms with E-state index in [1.165, 1.54) is 0 Å². The molecule has 8 heavy (non-hydrogen) atoms. The SMILES string of the molecule is OCc1cc(I)on1. The second-order valence-corrected chi connectivity index (χ2v) is 2.34. The Labute approximate surface area is 59.8 Å². The van der Waals surface area contributed by atoms with Gasteiger partial charge in [0.1, 0.15) is 5.69 Å². The second-order valence-electron chi connectivity index (χ2n) is 1.28. The topological polar surface area (TPSA) is 46.3 Å². The average molecular weight is 225 g/mol. The van der Waals surface area contributed by atoms with Gasteiger partial charge in [-0.25, -0.2) is 0 Å². The summed E-state index contributed by atoms with van der Waals surface area (Å²) in [6.07, 6.45) is 0. The average Bonchev–Trinajstić information content (AvgIpc) is 2.14. The van der Waals surface area contributed by atoms with Crippen LogP contribution in [0.2, 0.25) is 0 Å². The van der Waals surface area contributed by atoms with E-state index >= 15 is 0 Å². The highest BCUT2D eigenvalue weighted by molar-refractivity contribution is 14.1. The molecule has 44 valence electrons. The van der Waals surface area contributed by atoms with Crippen molar-refractivity contribution in [3.05, 3.63) is 15.5 Å². The molecule has 0 radical (unpaired) electrons. The molecule has 0 amide bonds. The molecule has 0 bridgehead atoms. The van der Waals surface area contributed by atoms with Crippen LogP contribution in [0.3, 0.4) is 0 Å². The van der Waals surface area contributed by atoms with Gasteiger partial charge in [0.15, 0.2) is 3.77 Å². The molecule has 0 aromatic carbocycles. The first-order chi connectivity index (χ1) is 3.83. The van der Waals surface area contributed by atoms with Crippen molar-refractivity contribution in [1.82, 2.24) is 5.16 Å². The molecule has 4 heteroatoms. The van der Waals surface area contributed by atoms with Crippen LogP contribution in [0.5, 0.6) is 0 Å². The first-order valence-electron chi connectivity index (χ1n) is 2.05. The minimum atomic E-state index is -0.0491. The number of nitrogens with zero attached hydrogens (tertiary/aromatic N) is 1. The standard InChI is InChI=1S/C4H4INO2/c5-4-1-3(2-7)6-8-4/h1,7H,2H2. The number of rotatable bonds is 1. The molecule has 0 spiro atoms. The van der Waals surface area contributed by atoms with Gasteiger partial charge in [0, 0.05) is 28.7 Å². The van der Waals surface area contributed by atoms with Crippen molar-refractivity contribution < 1.29 is 9.63 Å². The minimum Gasteiger partial charge on any atom is -0.390 e. The van der Waals surface area contributed by atoms with Gasteiger partial charge in [-0.05, 0) is 0 Å². The van der Waals surface area contributed by atoms with Crippen LogP contribution in [-0.4, -0.2) is 10.3 Å². The van der Waals surface area contributed by atoms with Gasteiger partial charge in [-0.1, -0.05) is 5.16 Å². The molecule has 0 aliphatic carbocycles. The zero-order valence-corrected chi connectivity index (χ0v) is 6.12. The van der Waals surface area contributed by atoms with Crippen LogP contribution in [-0.2, 0) is 6.61 Å². The summed E-state index contributed by atoms with van der Waals surface area (Å²) in [6.45, 7) is -0.0491. The first-order valence-corrected chi connectivity index (χ1v) is 3.13. The molecule has 0 saturated heterocycles. The maximum Gasteiger partial charge on any atom is 0.196 e. The predicted molar refractivity (Wildman–Crippen MR) is 35.1 cm³/mol. The van der Waals surface area contributed by atoms with Crippen molar-refractivity contribution in [2.24, 2.45) is 0 Å². The van der Waals surface area contributed by atoms with Crippen LogP contribution in [0.1, 0.15) is 5.69 Å². The summed E-state index contributed by atoms with van der Waals surface area (Å²) in [5.74, 6) is 0. The van der Waals surface area contributed by atoms with Crippen LogP contribution in [0.15, 0.2) is 10.6 Å². The fourth-order valence-electron chi connectivity index (χ4n) is 0.360. The Kier molecular flexibility index (Phi) is 1.85. The van der Waals surface area contributed by atoms with Gasteiger partial charge < -0.3 is 9.63 Å². The normalized spacial score (nSPS) is 9.75. The Morgan fingerprint density at radius 2 is 2.62 bits per heavy atom. The Morgan fingerprint density at radius 1 is 1.88 bits per heavy atom. The van der Waals surface area contributed by atoms with Gasteiger partial charge in [0.2, 0.25) is 0 Å². The lowest BCUT2D eigenvalue weighted by atomic mass is 10.5. The number of aliphatic hydroxyl groups is 1. The molecule has 0 saturated carbocycles. The van der Waals surface area contributed by atoms with Crippen molar-refractivity contribution in [2.75, 3.05) is 0 Å². The molecule has 0 aliphatic rings. The molecular formula is C4H4INO2. The maximum atomic E-state index is 8.43. The minimum absolute atomic E-state index is 0.0491. The van der Waals surface area contributed by atoms with E-state index in [9.17, 15) is 0 Å². The lowest BCUT2D eigenvalue weighted by Gasteiger charge is -1.75.